The Balaban J connectivity index is 1.72. The number of hydrogen-bond donors (Lipinski definition) is 1. The summed E-state index contributed by atoms with van der Waals surface area (Å²) in [7, 11) is 1.80. The number of rotatable bonds is 4. The normalized spacial score (nSPS) is 11.8. The van der Waals surface area contributed by atoms with Crippen LogP contribution in [0.3, 0.4) is 0 Å². The highest BCUT2D eigenvalue weighted by Crippen LogP contribution is 2.32. The molecule has 8 nitrogen and oxygen atoms in total. The van der Waals surface area contributed by atoms with Crippen LogP contribution in [0.1, 0.15) is 33.1 Å². The Kier molecular flexibility index (Phi) is 5.49. The average Bonchev–Trinajstić information content (AvgIpc) is 3.24. The van der Waals surface area contributed by atoms with E-state index in [-0.39, 0.29) is 16.6 Å². The van der Waals surface area contributed by atoms with Crippen molar-refractivity contribution in [2.75, 3.05) is 5.32 Å². The molecule has 0 saturated carbocycles. The maximum atomic E-state index is 13.4. The van der Waals surface area contributed by atoms with Crippen molar-refractivity contribution in [2.24, 2.45) is 7.05 Å². The standard InChI is InChI=1S/C20H17BrF3N7O/c1-10-17(11(2)31(28-10)9-13-4-5-30(3)29-13)27-19(32)15-7-16(20(22,23)24)26-18-14(15)6-12(21)8-25-18/h4-8H,9H2,1-3H3,(H,27,32). The number of aryl methyl sites for hydroxylation is 2. The van der Waals surface area contributed by atoms with Crippen LogP contribution in [0.4, 0.5) is 18.9 Å². The molecular weight excluding hydrogens is 491 g/mol. The quantitative estimate of drug-likeness (QED) is 0.445. The molecule has 0 aliphatic carbocycles. The van der Waals surface area contributed by atoms with Crippen molar-refractivity contribution in [2.45, 2.75) is 26.6 Å². The number of halogens is 4. The predicted molar refractivity (Wildman–Crippen MR) is 114 cm³/mol. The first-order valence-corrected chi connectivity index (χ1v) is 10.2. The Morgan fingerprint density at radius 3 is 2.62 bits per heavy atom. The van der Waals surface area contributed by atoms with E-state index in [0.717, 1.165) is 11.8 Å². The van der Waals surface area contributed by atoms with E-state index in [1.54, 1.807) is 30.3 Å². The molecule has 166 valence electrons. The van der Waals surface area contributed by atoms with Gasteiger partial charge in [-0.1, -0.05) is 0 Å². The largest absolute Gasteiger partial charge is 0.433 e. The summed E-state index contributed by atoms with van der Waals surface area (Å²) in [5, 5.41) is 11.7. The van der Waals surface area contributed by atoms with Gasteiger partial charge in [-0.2, -0.15) is 23.4 Å². The summed E-state index contributed by atoms with van der Waals surface area (Å²) < 4.78 is 43.9. The molecule has 0 saturated heterocycles. The second kappa shape index (κ2) is 8.01. The molecule has 0 fully saturated rings. The Hall–Kier alpha value is -3.28. The molecule has 32 heavy (non-hydrogen) atoms. The zero-order chi connectivity index (χ0) is 23.2. The summed E-state index contributed by atoms with van der Waals surface area (Å²) in [5.41, 5.74) is 0.828. The second-order valence-corrected chi connectivity index (χ2v) is 8.13. The molecule has 0 spiro atoms. The highest BCUT2D eigenvalue weighted by molar-refractivity contribution is 9.10. The second-order valence-electron chi connectivity index (χ2n) is 7.22. The highest BCUT2D eigenvalue weighted by Gasteiger charge is 2.34. The van der Waals surface area contributed by atoms with Crippen LogP contribution in [0, 0.1) is 13.8 Å². The van der Waals surface area contributed by atoms with Gasteiger partial charge < -0.3 is 5.32 Å². The topological polar surface area (TPSA) is 90.5 Å². The van der Waals surface area contributed by atoms with Gasteiger partial charge in [0.15, 0.2) is 5.65 Å². The van der Waals surface area contributed by atoms with Gasteiger partial charge in [-0.05, 0) is 48.0 Å². The van der Waals surface area contributed by atoms with Gasteiger partial charge in [-0.3, -0.25) is 14.2 Å². The molecule has 4 rings (SSSR count). The molecule has 1 N–H and O–H groups in total. The van der Waals surface area contributed by atoms with Crippen molar-refractivity contribution < 1.29 is 18.0 Å². The lowest BCUT2D eigenvalue weighted by molar-refractivity contribution is -0.141. The fourth-order valence-electron chi connectivity index (χ4n) is 3.33. The molecule has 12 heteroatoms. The van der Waals surface area contributed by atoms with Crippen LogP contribution in [0.5, 0.6) is 0 Å². The number of carbonyl (C=O) groups excluding carboxylic acids is 1. The Morgan fingerprint density at radius 1 is 1.22 bits per heavy atom. The van der Waals surface area contributed by atoms with Crippen molar-refractivity contribution >= 4 is 38.6 Å². The van der Waals surface area contributed by atoms with Gasteiger partial charge in [0.25, 0.3) is 5.91 Å². The summed E-state index contributed by atoms with van der Waals surface area (Å²) >= 11 is 3.24. The Morgan fingerprint density at radius 2 is 1.97 bits per heavy atom. The molecule has 4 aromatic rings. The van der Waals surface area contributed by atoms with Gasteiger partial charge in [-0.25, -0.2) is 9.97 Å². The smallest absolute Gasteiger partial charge is 0.319 e. The number of fused-ring (bicyclic) bond motifs is 1. The van der Waals surface area contributed by atoms with Gasteiger partial charge in [0.2, 0.25) is 0 Å². The fraction of sp³-hybridized carbons (Fsp3) is 0.250. The van der Waals surface area contributed by atoms with E-state index in [2.05, 4.69) is 41.4 Å². The van der Waals surface area contributed by atoms with Gasteiger partial charge in [0.1, 0.15) is 5.69 Å². The van der Waals surface area contributed by atoms with E-state index in [9.17, 15) is 18.0 Å². The summed E-state index contributed by atoms with van der Waals surface area (Å²) in [4.78, 5) is 20.6. The maximum Gasteiger partial charge on any atom is 0.433 e. The van der Waals surface area contributed by atoms with E-state index in [1.165, 1.54) is 12.3 Å². The van der Waals surface area contributed by atoms with Crippen molar-refractivity contribution in [3.63, 3.8) is 0 Å². The predicted octanol–water partition coefficient (Wildman–Crippen LogP) is 4.26. The Bertz CT molecular complexity index is 1340. The summed E-state index contributed by atoms with van der Waals surface area (Å²) in [6.07, 6.45) is -1.59. The number of hydrogen-bond acceptors (Lipinski definition) is 5. The third-order valence-electron chi connectivity index (χ3n) is 4.87. The number of carbonyl (C=O) groups is 1. The zero-order valence-electron chi connectivity index (χ0n) is 17.2. The molecule has 0 bridgehead atoms. The first-order chi connectivity index (χ1) is 15.0. The molecule has 0 aliphatic rings. The molecule has 0 aromatic carbocycles. The van der Waals surface area contributed by atoms with Crippen molar-refractivity contribution in [3.8, 4) is 0 Å². The lowest BCUT2D eigenvalue weighted by Gasteiger charge is -2.12. The lowest BCUT2D eigenvalue weighted by atomic mass is 10.1. The number of alkyl halides is 3. The Labute approximate surface area is 188 Å². The minimum Gasteiger partial charge on any atom is -0.319 e. The highest BCUT2D eigenvalue weighted by atomic mass is 79.9. The number of nitrogens with one attached hydrogen (secondary N) is 1. The van der Waals surface area contributed by atoms with Crippen LogP contribution in [0.2, 0.25) is 0 Å². The molecule has 0 aliphatic heterocycles. The summed E-state index contributed by atoms with van der Waals surface area (Å²) in [5.74, 6) is -0.716. The molecule has 0 unspecified atom stereocenters. The van der Waals surface area contributed by atoms with Gasteiger partial charge in [-0.15, -0.1) is 0 Å². The molecule has 4 heterocycles. The number of amides is 1. The van der Waals surface area contributed by atoms with E-state index in [4.69, 9.17) is 0 Å². The van der Waals surface area contributed by atoms with E-state index in [0.29, 0.717) is 28.1 Å². The van der Waals surface area contributed by atoms with Crippen LogP contribution in [0.25, 0.3) is 11.0 Å². The van der Waals surface area contributed by atoms with Crippen molar-refractivity contribution in [3.05, 3.63) is 63.4 Å². The number of aromatic nitrogens is 6. The molecule has 0 atom stereocenters. The van der Waals surface area contributed by atoms with E-state index < -0.39 is 17.8 Å². The number of pyridine rings is 2. The molecule has 4 aromatic heterocycles. The first-order valence-electron chi connectivity index (χ1n) is 9.40. The third kappa shape index (κ3) is 4.22. The van der Waals surface area contributed by atoms with Crippen molar-refractivity contribution in [1.82, 2.24) is 29.5 Å². The average molecular weight is 508 g/mol. The van der Waals surface area contributed by atoms with Gasteiger partial charge in [0, 0.05) is 29.3 Å². The van der Waals surface area contributed by atoms with E-state index in [1.807, 2.05) is 12.3 Å². The van der Waals surface area contributed by atoms with Crippen LogP contribution < -0.4 is 5.32 Å². The van der Waals surface area contributed by atoms with Gasteiger partial charge in [0.05, 0.1) is 34.9 Å². The minimum atomic E-state index is -4.72. The number of anilines is 1. The van der Waals surface area contributed by atoms with Crippen LogP contribution in [-0.2, 0) is 19.8 Å². The summed E-state index contributed by atoms with van der Waals surface area (Å²) in [6.45, 7) is 3.86. The summed E-state index contributed by atoms with van der Waals surface area (Å²) in [6, 6.07) is 4.09. The van der Waals surface area contributed by atoms with Gasteiger partial charge >= 0.3 is 6.18 Å². The molecule has 0 radical (unpaired) electrons. The minimum absolute atomic E-state index is 0.174. The molecule has 1 amide bonds. The van der Waals surface area contributed by atoms with E-state index >= 15 is 0 Å². The lowest BCUT2D eigenvalue weighted by Crippen LogP contribution is -2.17. The monoisotopic (exact) mass is 507 g/mol. The van der Waals surface area contributed by atoms with Crippen molar-refractivity contribution in [1.29, 1.82) is 0 Å². The van der Waals surface area contributed by atoms with Crippen LogP contribution in [-0.4, -0.2) is 35.4 Å². The third-order valence-corrected chi connectivity index (χ3v) is 5.30. The molecular formula is C20H17BrF3N7O. The first kappa shape index (κ1) is 21.9. The van der Waals surface area contributed by atoms with Crippen LogP contribution in [0.15, 0.2) is 35.1 Å². The maximum absolute atomic E-state index is 13.4. The number of nitrogens with zero attached hydrogens (tertiary/aromatic N) is 6. The SMILES string of the molecule is Cc1nn(Cc2ccn(C)n2)c(C)c1NC(=O)c1cc(C(F)(F)F)nc2ncc(Br)cc12. The van der Waals surface area contributed by atoms with Crippen LogP contribution >= 0.6 is 15.9 Å². The fourth-order valence-corrected chi connectivity index (χ4v) is 3.66. The zero-order valence-corrected chi connectivity index (χ0v) is 18.8.